The molecule has 0 atom stereocenters. The number of rotatable bonds is 3. The fourth-order valence-electron chi connectivity index (χ4n) is 3.35. The molecule has 21 heavy (non-hydrogen) atoms. The van der Waals surface area contributed by atoms with Crippen molar-refractivity contribution in [3.05, 3.63) is 29.3 Å². The van der Waals surface area contributed by atoms with Gasteiger partial charge in [-0.1, -0.05) is 12.1 Å². The van der Waals surface area contributed by atoms with Gasteiger partial charge in [0.05, 0.1) is 6.54 Å². The summed E-state index contributed by atoms with van der Waals surface area (Å²) >= 11 is 0. The molecule has 1 amide bonds. The van der Waals surface area contributed by atoms with Crippen LogP contribution in [0, 0.1) is 0 Å². The number of amides is 1. The smallest absolute Gasteiger partial charge is 0.238 e. The SMILES string of the molecule is O=C(CN1CCCNCC1)Nc1cccc2c1CCCC2. The molecule has 1 saturated heterocycles. The first kappa shape index (κ1) is 14.5. The van der Waals surface area contributed by atoms with Crippen LogP contribution in [0.5, 0.6) is 0 Å². The molecule has 0 spiro atoms. The zero-order valence-corrected chi connectivity index (χ0v) is 12.7. The molecule has 1 aliphatic carbocycles. The summed E-state index contributed by atoms with van der Waals surface area (Å²) in [5, 5.41) is 6.50. The van der Waals surface area contributed by atoms with Crippen molar-refractivity contribution in [3.63, 3.8) is 0 Å². The lowest BCUT2D eigenvalue weighted by molar-refractivity contribution is -0.117. The zero-order chi connectivity index (χ0) is 14.5. The molecular weight excluding hydrogens is 262 g/mol. The zero-order valence-electron chi connectivity index (χ0n) is 12.7. The molecule has 4 nitrogen and oxygen atoms in total. The molecule has 1 aromatic carbocycles. The molecule has 3 rings (SSSR count). The highest BCUT2D eigenvalue weighted by atomic mass is 16.2. The van der Waals surface area contributed by atoms with E-state index in [1.807, 2.05) is 6.07 Å². The van der Waals surface area contributed by atoms with Gasteiger partial charge < -0.3 is 10.6 Å². The molecule has 0 unspecified atom stereocenters. The average Bonchev–Trinajstić information content (AvgIpc) is 2.76. The molecule has 1 aromatic rings. The summed E-state index contributed by atoms with van der Waals surface area (Å²) < 4.78 is 0. The van der Waals surface area contributed by atoms with Gasteiger partial charge in [-0.25, -0.2) is 0 Å². The Labute approximate surface area is 126 Å². The average molecular weight is 287 g/mol. The Morgan fingerprint density at radius 3 is 3.00 bits per heavy atom. The minimum Gasteiger partial charge on any atom is -0.325 e. The van der Waals surface area contributed by atoms with E-state index in [9.17, 15) is 4.79 Å². The lowest BCUT2D eigenvalue weighted by Gasteiger charge is -2.22. The van der Waals surface area contributed by atoms with Crippen molar-refractivity contribution in [2.24, 2.45) is 0 Å². The van der Waals surface area contributed by atoms with Gasteiger partial charge in [-0.3, -0.25) is 9.69 Å². The van der Waals surface area contributed by atoms with E-state index in [1.54, 1.807) is 0 Å². The molecule has 1 fully saturated rings. The quantitative estimate of drug-likeness (QED) is 0.891. The fourth-order valence-corrected chi connectivity index (χ4v) is 3.35. The van der Waals surface area contributed by atoms with E-state index in [-0.39, 0.29) is 5.91 Å². The Morgan fingerprint density at radius 1 is 1.14 bits per heavy atom. The van der Waals surface area contributed by atoms with Crippen LogP contribution in [-0.2, 0) is 17.6 Å². The normalized spacial score (nSPS) is 19.6. The number of hydrogen-bond acceptors (Lipinski definition) is 3. The second-order valence-electron chi connectivity index (χ2n) is 6.08. The highest BCUT2D eigenvalue weighted by Crippen LogP contribution is 2.27. The summed E-state index contributed by atoms with van der Waals surface area (Å²) in [5.41, 5.74) is 3.80. The maximum Gasteiger partial charge on any atom is 0.238 e. The number of nitrogens with one attached hydrogen (secondary N) is 2. The maximum atomic E-state index is 12.3. The molecular formula is C17H25N3O. The molecule has 2 N–H and O–H groups in total. The van der Waals surface area contributed by atoms with Crippen molar-refractivity contribution < 1.29 is 4.79 Å². The number of fused-ring (bicyclic) bond motifs is 1. The van der Waals surface area contributed by atoms with Gasteiger partial charge in [-0.2, -0.15) is 0 Å². The van der Waals surface area contributed by atoms with Crippen LogP contribution < -0.4 is 10.6 Å². The highest BCUT2D eigenvalue weighted by molar-refractivity contribution is 5.93. The lowest BCUT2D eigenvalue weighted by atomic mass is 9.90. The van der Waals surface area contributed by atoms with Crippen LogP contribution in [0.4, 0.5) is 5.69 Å². The van der Waals surface area contributed by atoms with E-state index in [4.69, 9.17) is 0 Å². The number of hydrogen-bond donors (Lipinski definition) is 2. The van der Waals surface area contributed by atoms with Crippen LogP contribution in [0.1, 0.15) is 30.4 Å². The van der Waals surface area contributed by atoms with Gasteiger partial charge in [0, 0.05) is 18.8 Å². The monoisotopic (exact) mass is 287 g/mol. The van der Waals surface area contributed by atoms with Gasteiger partial charge in [0.1, 0.15) is 0 Å². The van der Waals surface area contributed by atoms with Crippen molar-refractivity contribution in [1.29, 1.82) is 0 Å². The van der Waals surface area contributed by atoms with Crippen LogP contribution in [0.25, 0.3) is 0 Å². The minimum absolute atomic E-state index is 0.121. The molecule has 2 aliphatic rings. The topological polar surface area (TPSA) is 44.4 Å². The van der Waals surface area contributed by atoms with E-state index in [2.05, 4.69) is 27.7 Å². The van der Waals surface area contributed by atoms with Gasteiger partial charge in [0.2, 0.25) is 5.91 Å². The first-order valence-corrected chi connectivity index (χ1v) is 8.16. The first-order valence-electron chi connectivity index (χ1n) is 8.16. The third-order valence-electron chi connectivity index (χ3n) is 4.47. The van der Waals surface area contributed by atoms with E-state index < -0.39 is 0 Å². The minimum atomic E-state index is 0.121. The van der Waals surface area contributed by atoms with Crippen molar-refractivity contribution in [3.8, 4) is 0 Å². The van der Waals surface area contributed by atoms with Crippen molar-refractivity contribution in [2.45, 2.75) is 32.1 Å². The molecule has 0 radical (unpaired) electrons. The molecule has 0 aromatic heterocycles. The Bertz CT molecular complexity index is 493. The van der Waals surface area contributed by atoms with Crippen molar-refractivity contribution >= 4 is 11.6 Å². The van der Waals surface area contributed by atoms with Crippen LogP contribution in [-0.4, -0.2) is 43.5 Å². The summed E-state index contributed by atoms with van der Waals surface area (Å²) in [6.45, 7) is 4.51. The second kappa shape index (κ2) is 7.05. The summed E-state index contributed by atoms with van der Waals surface area (Å²) in [7, 11) is 0. The van der Waals surface area contributed by atoms with Gasteiger partial charge in [-0.05, 0) is 62.4 Å². The molecule has 0 bridgehead atoms. The summed E-state index contributed by atoms with van der Waals surface area (Å²) in [6.07, 6.45) is 5.87. The number of aryl methyl sites for hydroxylation is 1. The lowest BCUT2D eigenvalue weighted by Crippen LogP contribution is -2.35. The Morgan fingerprint density at radius 2 is 2.05 bits per heavy atom. The number of carbonyl (C=O) groups is 1. The van der Waals surface area contributed by atoms with Crippen molar-refractivity contribution in [1.82, 2.24) is 10.2 Å². The third kappa shape index (κ3) is 3.83. The summed E-state index contributed by atoms with van der Waals surface area (Å²) in [4.78, 5) is 14.5. The largest absolute Gasteiger partial charge is 0.325 e. The van der Waals surface area contributed by atoms with Gasteiger partial charge in [0.25, 0.3) is 0 Å². The van der Waals surface area contributed by atoms with Gasteiger partial charge in [0.15, 0.2) is 0 Å². The number of benzene rings is 1. The standard InChI is InChI=1S/C17H25N3O/c21-17(13-20-11-4-9-18-10-12-20)19-16-8-3-6-14-5-1-2-7-15(14)16/h3,6,8,18H,1-2,4-5,7,9-13H2,(H,19,21). The Hall–Kier alpha value is -1.39. The van der Waals surface area contributed by atoms with E-state index in [0.717, 1.165) is 51.1 Å². The fraction of sp³-hybridized carbons (Fsp3) is 0.588. The number of nitrogens with zero attached hydrogens (tertiary/aromatic N) is 1. The predicted molar refractivity (Wildman–Crippen MR) is 85.6 cm³/mol. The van der Waals surface area contributed by atoms with Crippen LogP contribution in [0.15, 0.2) is 18.2 Å². The van der Waals surface area contributed by atoms with E-state index >= 15 is 0 Å². The second-order valence-corrected chi connectivity index (χ2v) is 6.08. The molecule has 114 valence electrons. The summed E-state index contributed by atoms with van der Waals surface area (Å²) in [6, 6.07) is 6.31. The molecule has 0 saturated carbocycles. The van der Waals surface area contributed by atoms with E-state index in [1.165, 1.54) is 24.0 Å². The highest BCUT2D eigenvalue weighted by Gasteiger charge is 2.16. The maximum absolute atomic E-state index is 12.3. The predicted octanol–water partition coefficient (Wildman–Crippen LogP) is 1.80. The molecule has 1 aliphatic heterocycles. The Balaban J connectivity index is 1.62. The molecule has 4 heteroatoms. The van der Waals surface area contributed by atoms with E-state index in [0.29, 0.717) is 6.54 Å². The number of carbonyl (C=O) groups excluding carboxylic acids is 1. The Kier molecular flexibility index (Phi) is 4.88. The van der Waals surface area contributed by atoms with Crippen LogP contribution in [0.3, 0.4) is 0 Å². The van der Waals surface area contributed by atoms with Gasteiger partial charge >= 0.3 is 0 Å². The van der Waals surface area contributed by atoms with Gasteiger partial charge in [-0.15, -0.1) is 0 Å². The van der Waals surface area contributed by atoms with Crippen molar-refractivity contribution in [2.75, 3.05) is 38.0 Å². The van der Waals surface area contributed by atoms with Crippen LogP contribution in [0.2, 0.25) is 0 Å². The first-order chi connectivity index (χ1) is 10.3. The summed E-state index contributed by atoms with van der Waals surface area (Å²) in [5.74, 6) is 0.121. The molecule has 1 heterocycles. The number of anilines is 1. The third-order valence-corrected chi connectivity index (χ3v) is 4.47. The van der Waals surface area contributed by atoms with Crippen LogP contribution >= 0.6 is 0 Å².